The van der Waals surface area contributed by atoms with Crippen LogP contribution in [0.3, 0.4) is 0 Å². The van der Waals surface area contributed by atoms with E-state index in [1.807, 2.05) is 27.7 Å². The third kappa shape index (κ3) is 3.64. The number of amides is 1. The highest BCUT2D eigenvalue weighted by Crippen LogP contribution is 2.25. The standard InChI is InChI=1S/C15H20N4OS/c1-5-12(15-18-9(3)10(4)21-15)19-14(20)11-7-16-13(6-2)17-8-11/h7-8,12H,5-6H2,1-4H3,(H,19,20)/t12-/m0/s1. The zero-order valence-corrected chi connectivity index (χ0v) is 13.6. The van der Waals surface area contributed by atoms with Crippen LogP contribution in [-0.4, -0.2) is 20.9 Å². The summed E-state index contributed by atoms with van der Waals surface area (Å²) in [6.45, 7) is 8.05. The van der Waals surface area contributed by atoms with Crippen molar-refractivity contribution in [2.24, 2.45) is 0 Å². The minimum Gasteiger partial charge on any atom is -0.343 e. The average Bonchev–Trinajstić information content (AvgIpc) is 2.84. The van der Waals surface area contributed by atoms with Gasteiger partial charge in [-0.2, -0.15) is 0 Å². The molecule has 0 bridgehead atoms. The number of nitrogens with one attached hydrogen (secondary N) is 1. The summed E-state index contributed by atoms with van der Waals surface area (Å²) in [7, 11) is 0. The van der Waals surface area contributed by atoms with Gasteiger partial charge in [0, 0.05) is 23.7 Å². The monoisotopic (exact) mass is 304 g/mol. The van der Waals surface area contributed by atoms with E-state index in [0.717, 1.165) is 29.4 Å². The molecule has 0 aliphatic carbocycles. The SMILES string of the molecule is CCc1ncc(C(=O)N[C@@H](CC)c2nc(C)c(C)s2)cn1. The fraction of sp³-hybridized carbons (Fsp3) is 0.467. The van der Waals surface area contributed by atoms with Crippen molar-refractivity contribution in [2.45, 2.75) is 46.6 Å². The topological polar surface area (TPSA) is 67.8 Å². The zero-order valence-electron chi connectivity index (χ0n) is 12.8. The third-order valence-electron chi connectivity index (χ3n) is 3.34. The summed E-state index contributed by atoms with van der Waals surface area (Å²) in [6, 6.07) is -0.0687. The Morgan fingerprint density at radius 3 is 2.43 bits per heavy atom. The molecule has 21 heavy (non-hydrogen) atoms. The molecule has 2 heterocycles. The maximum Gasteiger partial charge on any atom is 0.254 e. The fourth-order valence-electron chi connectivity index (χ4n) is 1.88. The van der Waals surface area contributed by atoms with E-state index in [4.69, 9.17) is 0 Å². The molecule has 0 aliphatic rings. The van der Waals surface area contributed by atoms with Crippen LogP contribution in [0.1, 0.15) is 58.1 Å². The zero-order chi connectivity index (χ0) is 15.4. The van der Waals surface area contributed by atoms with Crippen LogP contribution in [-0.2, 0) is 6.42 Å². The van der Waals surface area contributed by atoms with Gasteiger partial charge in [-0.25, -0.2) is 15.0 Å². The number of nitrogens with zero attached hydrogens (tertiary/aromatic N) is 3. The molecule has 2 aromatic heterocycles. The van der Waals surface area contributed by atoms with E-state index in [0.29, 0.717) is 5.56 Å². The Morgan fingerprint density at radius 1 is 1.29 bits per heavy atom. The van der Waals surface area contributed by atoms with E-state index >= 15 is 0 Å². The Kier molecular flexibility index (Phi) is 5.01. The van der Waals surface area contributed by atoms with Gasteiger partial charge in [-0.05, 0) is 20.3 Å². The molecule has 1 amide bonds. The number of hydrogen-bond donors (Lipinski definition) is 1. The van der Waals surface area contributed by atoms with Gasteiger partial charge in [0.15, 0.2) is 0 Å². The van der Waals surface area contributed by atoms with Crippen molar-refractivity contribution >= 4 is 17.2 Å². The molecule has 0 unspecified atom stereocenters. The second-order valence-corrected chi connectivity index (χ2v) is 6.10. The van der Waals surface area contributed by atoms with Crippen molar-refractivity contribution in [3.63, 3.8) is 0 Å². The lowest BCUT2D eigenvalue weighted by molar-refractivity contribution is 0.0934. The molecule has 1 atom stereocenters. The molecule has 6 heteroatoms. The Bertz CT molecular complexity index is 602. The second-order valence-electron chi connectivity index (χ2n) is 4.87. The molecular weight excluding hydrogens is 284 g/mol. The highest BCUT2D eigenvalue weighted by atomic mass is 32.1. The van der Waals surface area contributed by atoms with E-state index in [1.165, 1.54) is 4.88 Å². The Hall–Kier alpha value is -1.82. The van der Waals surface area contributed by atoms with Crippen LogP contribution < -0.4 is 5.32 Å². The predicted octanol–water partition coefficient (Wildman–Crippen LogP) is 2.99. The number of rotatable bonds is 5. The summed E-state index contributed by atoms with van der Waals surface area (Å²) in [5.41, 5.74) is 1.51. The van der Waals surface area contributed by atoms with Crippen LogP contribution in [0.25, 0.3) is 0 Å². The molecule has 5 nitrogen and oxygen atoms in total. The molecule has 112 valence electrons. The fourth-order valence-corrected chi connectivity index (χ4v) is 2.94. The highest BCUT2D eigenvalue weighted by Gasteiger charge is 2.18. The van der Waals surface area contributed by atoms with Crippen LogP contribution in [0.5, 0.6) is 0 Å². The van der Waals surface area contributed by atoms with Gasteiger partial charge in [0.05, 0.1) is 17.3 Å². The van der Waals surface area contributed by atoms with Crippen LogP contribution in [0.4, 0.5) is 0 Å². The van der Waals surface area contributed by atoms with E-state index in [2.05, 4.69) is 20.3 Å². The molecule has 0 saturated heterocycles. The van der Waals surface area contributed by atoms with Crippen LogP contribution in [0.15, 0.2) is 12.4 Å². The van der Waals surface area contributed by atoms with Gasteiger partial charge in [0.2, 0.25) is 0 Å². The molecule has 0 saturated carbocycles. The smallest absolute Gasteiger partial charge is 0.254 e. The molecule has 0 aromatic carbocycles. The molecule has 1 N–H and O–H groups in total. The first kappa shape index (κ1) is 15.6. The van der Waals surface area contributed by atoms with Crippen molar-refractivity contribution in [1.29, 1.82) is 0 Å². The quantitative estimate of drug-likeness (QED) is 0.922. The number of carbonyl (C=O) groups is 1. The molecule has 0 spiro atoms. The lowest BCUT2D eigenvalue weighted by Gasteiger charge is -2.14. The molecule has 2 aromatic rings. The van der Waals surface area contributed by atoms with Gasteiger partial charge in [-0.3, -0.25) is 4.79 Å². The first-order valence-electron chi connectivity index (χ1n) is 7.10. The maximum absolute atomic E-state index is 12.3. The Morgan fingerprint density at radius 2 is 1.95 bits per heavy atom. The van der Waals surface area contributed by atoms with Crippen LogP contribution >= 0.6 is 11.3 Å². The van der Waals surface area contributed by atoms with E-state index < -0.39 is 0 Å². The first-order chi connectivity index (χ1) is 10.0. The minimum atomic E-state index is -0.157. The number of carbonyl (C=O) groups excluding carboxylic acids is 1. The van der Waals surface area contributed by atoms with Gasteiger partial charge in [0.1, 0.15) is 10.8 Å². The average molecular weight is 304 g/mol. The predicted molar refractivity (Wildman–Crippen MR) is 83.5 cm³/mol. The Balaban J connectivity index is 2.11. The van der Waals surface area contributed by atoms with Crippen LogP contribution in [0.2, 0.25) is 0 Å². The molecule has 0 radical (unpaired) electrons. The molecular formula is C15H20N4OS. The largest absolute Gasteiger partial charge is 0.343 e. The van der Waals surface area contributed by atoms with Crippen molar-refractivity contribution in [1.82, 2.24) is 20.3 Å². The lowest BCUT2D eigenvalue weighted by Crippen LogP contribution is -2.28. The van der Waals surface area contributed by atoms with Crippen molar-refractivity contribution in [3.8, 4) is 0 Å². The molecule has 0 aliphatic heterocycles. The van der Waals surface area contributed by atoms with Gasteiger partial charge in [-0.1, -0.05) is 13.8 Å². The second kappa shape index (κ2) is 6.76. The van der Waals surface area contributed by atoms with E-state index in [9.17, 15) is 4.79 Å². The third-order valence-corrected chi connectivity index (χ3v) is 4.53. The molecule has 2 rings (SSSR count). The van der Waals surface area contributed by atoms with Crippen LogP contribution in [0, 0.1) is 13.8 Å². The van der Waals surface area contributed by atoms with Crippen molar-refractivity contribution in [2.75, 3.05) is 0 Å². The van der Waals surface area contributed by atoms with Gasteiger partial charge < -0.3 is 5.32 Å². The summed E-state index contributed by atoms with van der Waals surface area (Å²) in [6.07, 6.45) is 4.71. The van der Waals surface area contributed by atoms with Crippen molar-refractivity contribution in [3.05, 3.63) is 39.4 Å². The summed E-state index contributed by atoms with van der Waals surface area (Å²) in [5, 5.41) is 3.96. The Labute approximate surface area is 128 Å². The number of hydrogen-bond acceptors (Lipinski definition) is 5. The first-order valence-corrected chi connectivity index (χ1v) is 7.92. The minimum absolute atomic E-state index is 0.0687. The maximum atomic E-state index is 12.3. The summed E-state index contributed by atoms with van der Waals surface area (Å²) < 4.78 is 0. The van der Waals surface area contributed by atoms with Crippen molar-refractivity contribution < 1.29 is 4.79 Å². The van der Waals surface area contributed by atoms with Gasteiger partial charge >= 0.3 is 0 Å². The number of aromatic nitrogens is 3. The highest BCUT2D eigenvalue weighted by molar-refractivity contribution is 7.11. The summed E-state index contributed by atoms with van der Waals surface area (Å²) >= 11 is 1.63. The van der Waals surface area contributed by atoms with E-state index in [1.54, 1.807) is 23.7 Å². The summed E-state index contributed by atoms with van der Waals surface area (Å²) in [5.74, 6) is 0.583. The van der Waals surface area contributed by atoms with Gasteiger partial charge in [-0.15, -0.1) is 11.3 Å². The summed E-state index contributed by atoms with van der Waals surface area (Å²) in [4.78, 5) is 26.3. The number of thiazole rings is 1. The normalized spacial score (nSPS) is 12.2. The number of aryl methyl sites for hydroxylation is 3. The van der Waals surface area contributed by atoms with Gasteiger partial charge in [0.25, 0.3) is 5.91 Å². The van der Waals surface area contributed by atoms with E-state index in [-0.39, 0.29) is 11.9 Å². The lowest BCUT2D eigenvalue weighted by atomic mass is 10.2. The molecule has 0 fully saturated rings.